The Morgan fingerprint density at radius 1 is 1.14 bits per heavy atom. The Bertz CT molecular complexity index is 668. The van der Waals surface area contributed by atoms with Crippen LogP contribution < -0.4 is 5.32 Å². The number of hydrogen-bond acceptors (Lipinski definition) is 4. The molecule has 1 aromatic carbocycles. The maximum atomic E-state index is 13.1. The van der Waals surface area contributed by atoms with Gasteiger partial charge in [-0.1, -0.05) is 6.07 Å². The molecule has 5 nitrogen and oxygen atoms in total. The van der Waals surface area contributed by atoms with Gasteiger partial charge in [-0.3, -0.25) is 14.8 Å². The highest BCUT2D eigenvalue weighted by molar-refractivity contribution is 6.05. The summed E-state index contributed by atoms with van der Waals surface area (Å²) in [7, 11) is 0. The number of carbonyl (C=O) groups is 1. The van der Waals surface area contributed by atoms with Gasteiger partial charge in [0.1, 0.15) is 5.52 Å². The van der Waals surface area contributed by atoms with Crippen LogP contribution in [0.25, 0.3) is 11.0 Å². The third-order valence-corrected chi connectivity index (χ3v) is 4.62. The lowest BCUT2D eigenvalue weighted by Crippen LogP contribution is -2.42. The molecule has 3 heterocycles. The Labute approximate surface area is 123 Å². The second kappa shape index (κ2) is 5.07. The monoisotopic (exact) mass is 282 g/mol. The first-order valence-electron chi connectivity index (χ1n) is 7.58. The normalized spacial score (nSPS) is 25.0. The average molecular weight is 282 g/mol. The zero-order chi connectivity index (χ0) is 14.2. The van der Waals surface area contributed by atoms with Crippen molar-refractivity contribution in [1.82, 2.24) is 20.2 Å². The average Bonchev–Trinajstić information content (AvgIpc) is 2.79. The van der Waals surface area contributed by atoms with Crippen LogP contribution in [0.5, 0.6) is 0 Å². The van der Waals surface area contributed by atoms with E-state index < -0.39 is 0 Å². The number of hydrogen-bond donors (Lipinski definition) is 1. The van der Waals surface area contributed by atoms with E-state index in [-0.39, 0.29) is 5.91 Å². The molecule has 1 aromatic heterocycles. The molecular formula is C16H18N4O. The van der Waals surface area contributed by atoms with Gasteiger partial charge in [-0.25, -0.2) is 0 Å². The number of para-hydroxylation sites is 1. The maximum Gasteiger partial charge on any atom is 0.256 e. The molecule has 2 aromatic rings. The van der Waals surface area contributed by atoms with Crippen molar-refractivity contribution in [2.75, 3.05) is 13.1 Å². The van der Waals surface area contributed by atoms with Crippen LogP contribution in [0.1, 0.15) is 29.6 Å². The van der Waals surface area contributed by atoms with Crippen molar-refractivity contribution in [1.29, 1.82) is 0 Å². The predicted molar refractivity (Wildman–Crippen MR) is 80.0 cm³/mol. The van der Waals surface area contributed by atoms with Crippen LogP contribution in [-0.4, -0.2) is 45.9 Å². The molecule has 2 bridgehead atoms. The number of carbonyl (C=O) groups excluding carboxylic acids is 1. The summed E-state index contributed by atoms with van der Waals surface area (Å²) in [5.41, 5.74) is 2.17. The van der Waals surface area contributed by atoms with E-state index in [2.05, 4.69) is 20.2 Å². The molecule has 2 fully saturated rings. The van der Waals surface area contributed by atoms with Crippen molar-refractivity contribution in [2.45, 2.75) is 31.3 Å². The van der Waals surface area contributed by atoms with Crippen molar-refractivity contribution >= 4 is 16.9 Å². The molecule has 108 valence electrons. The van der Waals surface area contributed by atoms with E-state index in [1.807, 2.05) is 18.2 Å². The molecule has 0 spiro atoms. The van der Waals surface area contributed by atoms with Gasteiger partial charge in [0.25, 0.3) is 5.91 Å². The van der Waals surface area contributed by atoms with Crippen molar-refractivity contribution in [3.8, 4) is 0 Å². The molecule has 0 saturated carbocycles. The zero-order valence-electron chi connectivity index (χ0n) is 11.8. The predicted octanol–water partition coefficient (Wildman–Crippen LogP) is 1.60. The summed E-state index contributed by atoms with van der Waals surface area (Å²) in [6.07, 6.45) is 6.57. The van der Waals surface area contributed by atoms with E-state index in [1.165, 1.54) is 0 Å². The molecule has 5 heteroatoms. The molecule has 2 saturated heterocycles. The van der Waals surface area contributed by atoms with Gasteiger partial charge in [0.2, 0.25) is 0 Å². The largest absolute Gasteiger partial charge is 0.331 e. The Kier molecular flexibility index (Phi) is 3.07. The minimum absolute atomic E-state index is 0.109. The van der Waals surface area contributed by atoms with Gasteiger partial charge in [0.15, 0.2) is 0 Å². The summed E-state index contributed by atoms with van der Waals surface area (Å²) in [6.45, 7) is 1.90. The van der Waals surface area contributed by atoms with Crippen molar-refractivity contribution in [3.05, 3.63) is 36.2 Å². The number of benzene rings is 1. The van der Waals surface area contributed by atoms with Gasteiger partial charge in [-0.2, -0.15) is 0 Å². The standard InChI is InChI=1S/C16H18N4O/c21-16(20-11-4-5-12(20)10-17-7-6-11)13-2-1-3-14-15(13)19-9-8-18-14/h1-3,8-9,11-12,17H,4-7,10H2/t11-,12+/m1/s1. The number of nitrogens with one attached hydrogen (secondary N) is 1. The van der Waals surface area contributed by atoms with Gasteiger partial charge >= 0.3 is 0 Å². The number of fused-ring (bicyclic) bond motifs is 3. The molecule has 2 aliphatic rings. The minimum Gasteiger partial charge on any atom is -0.331 e. The lowest BCUT2D eigenvalue weighted by Gasteiger charge is -2.28. The molecule has 1 N–H and O–H groups in total. The molecule has 21 heavy (non-hydrogen) atoms. The lowest BCUT2D eigenvalue weighted by atomic mass is 10.1. The van der Waals surface area contributed by atoms with Crippen LogP contribution in [0, 0.1) is 0 Å². The summed E-state index contributed by atoms with van der Waals surface area (Å²) in [5.74, 6) is 0.109. The van der Waals surface area contributed by atoms with E-state index in [0.29, 0.717) is 23.2 Å². The SMILES string of the molecule is O=C(c1cccc2nccnc12)N1[C@H]2CCNC[C@@H]1CC2. The van der Waals surface area contributed by atoms with E-state index in [1.54, 1.807) is 12.4 Å². The first-order valence-corrected chi connectivity index (χ1v) is 7.58. The minimum atomic E-state index is 0.109. The fourth-order valence-corrected chi connectivity index (χ4v) is 3.62. The quantitative estimate of drug-likeness (QED) is 0.863. The highest BCUT2D eigenvalue weighted by atomic mass is 16.2. The van der Waals surface area contributed by atoms with E-state index in [0.717, 1.165) is 37.9 Å². The number of rotatable bonds is 1. The van der Waals surface area contributed by atoms with Gasteiger partial charge in [0.05, 0.1) is 11.1 Å². The second-order valence-electron chi connectivity index (χ2n) is 5.82. The first-order chi connectivity index (χ1) is 10.3. The van der Waals surface area contributed by atoms with E-state index >= 15 is 0 Å². The zero-order valence-corrected chi connectivity index (χ0v) is 11.8. The highest BCUT2D eigenvalue weighted by Gasteiger charge is 2.38. The van der Waals surface area contributed by atoms with E-state index in [4.69, 9.17) is 0 Å². The lowest BCUT2D eigenvalue weighted by molar-refractivity contribution is 0.0682. The molecule has 2 atom stereocenters. The summed E-state index contributed by atoms with van der Waals surface area (Å²) in [6, 6.07) is 6.35. The van der Waals surface area contributed by atoms with Crippen LogP contribution in [0.3, 0.4) is 0 Å². The van der Waals surface area contributed by atoms with Crippen molar-refractivity contribution < 1.29 is 4.79 Å². The number of amides is 1. The highest BCUT2D eigenvalue weighted by Crippen LogP contribution is 2.30. The van der Waals surface area contributed by atoms with Crippen LogP contribution >= 0.6 is 0 Å². The number of nitrogens with zero attached hydrogens (tertiary/aromatic N) is 3. The topological polar surface area (TPSA) is 58.1 Å². The van der Waals surface area contributed by atoms with Crippen LogP contribution in [-0.2, 0) is 0 Å². The summed E-state index contributed by atoms with van der Waals surface area (Å²) < 4.78 is 0. The maximum absolute atomic E-state index is 13.1. The second-order valence-corrected chi connectivity index (χ2v) is 5.82. The van der Waals surface area contributed by atoms with Crippen LogP contribution in [0.4, 0.5) is 0 Å². The Balaban J connectivity index is 1.76. The van der Waals surface area contributed by atoms with E-state index in [9.17, 15) is 4.79 Å². The molecular weight excluding hydrogens is 264 g/mol. The molecule has 0 unspecified atom stereocenters. The first kappa shape index (κ1) is 12.7. The van der Waals surface area contributed by atoms with Gasteiger partial charge in [-0.15, -0.1) is 0 Å². The molecule has 0 aliphatic carbocycles. The van der Waals surface area contributed by atoms with Crippen molar-refractivity contribution in [3.63, 3.8) is 0 Å². The van der Waals surface area contributed by atoms with Crippen LogP contribution in [0.2, 0.25) is 0 Å². The summed E-state index contributed by atoms with van der Waals surface area (Å²) in [5, 5.41) is 3.43. The fourth-order valence-electron chi connectivity index (χ4n) is 3.62. The molecule has 1 amide bonds. The molecule has 4 rings (SSSR count). The molecule has 2 aliphatic heterocycles. The van der Waals surface area contributed by atoms with Gasteiger partial charge < -0.3 is 10.2 Å². The Hall–Kier alpha value is -2.01. The Morgan fingerprint density at radius 3 is 2.95 bits per heavy atom. The van der Waals surface area contributed by atoms with Crippen molar-refractivity contribution in [2.24, 2.45) is 0 Å². The van der Waals surface area contributed by atoms with Gasteiger partial charge in [-0.05, 0) is 37.9 Å². The number of aromatic nitrogens is 2. The molecule has 0 radical (unpaired) electrons. The Morgan fingerprint density at radius 2 is 2.00 bits per heavy atom. The fraction of sp³-hybridized carbons (Fsp3) is 0.438. The third kappa shape index (κ3) is 2.08. The van der Waals surface area contributed by atoms with Crippen LogP contribution in [0.15, 0.2) is 30.6 Å². The smallest absolute Gasteiger partial charge is 0.256 e. The third-order valence-electron chi connectivity index (χ3n) is 4.62. The summed E-state index contributed by atoms with van der Waals surface area (Å²) in [4.78, 5) is 23.8. The van der Waals surface area contributed by atoms with Gasteiger partial charge in [0, 0.05) is 31.0 Å². The summed E-state index contributed by atoms with van der Waals surface area (Å²) >= 11 is 0.